The number of rotatable bonds is 3. The minimum absolute atomic E-state index is 0.0824. The van der Waals surface area contributed by atoms with E-state index in [-0.39, 0.29) is 16.7 Å². The number of halogens is 5. The fraction of sp³-hybridized carbons (Fsp3) is 0.375. The van der Waals surface area contributed by atoms with Crippen LogP contribution < -0.4 is 4.74 Å². The van der Waals surface area contributed by atoms with Gasteiger partial charge in [0.1, 0.15) is 0 Å². The maximum absolute atomic E-state index is 13.3. The molecule has 0 aliphatic heterocycles. The molecule has 8 heteroatoms. The summed E-state index contributed by atoms with van der Waals surface area (Å²) in [6.07, 6.45) is -4.99. The predicted octanol–water partition coefficient (Wildman–Crippen LogP) is 2.51. The van der Waals surface area contributed by atoms with Gasteiger partial charge in [0.15, 0.2) is 11.6 Å². The van der Waals surface area contributed by atoms with Gasteiger partial charge in [-0.2, -0.15) is 0 Å². The van der Waals surface area contributed by atoms with Crippen LogP contribution in [0.4, 0.5) is 17.6 Å². The number of alkyl halides is 4. The van der Waals surface area contributed by atoms with Crippen LogP contribution in [-0.4, -0.2) is 16.5 Å². The second kappa shape index (κ2) is 4.96. The lowest BCUT2D eigenvalue weighted by Gasteiger charge is -2.12. The van der Waals surface area contributed by atoms with Gasteiger partial charge in [0.2, 0.25) is 0 Å². The van der Waals surface area contributed by atoms with Crippen molar-refractivity contribution in [2.75, 3.05) is 0 Å². The molecule has 0 unspecified atom stereocenters. The standard InChI is InChI=1S/C8H6BrF4NO2/c9-2-5-7(10)6(16-8(11,12)13)1-4(3-15)14-5/h1,15H,2-3H2. The molecule has 90 valence electrons. The Morgan fingerprint density at radius 3 is 2.50 bits per heavy atom. The Hall–Kier alpha value is -0.890. The SMILES string of the molecule is OCc1cc(OC(F)(F)F)c(F)c(CBr)n1. The molecule has 0 saturated heterocycles. The van der Waals surface area contributed by atoms with Gasteiger partial charge in [-0.15, -0.1) is 13.2 Å². The molecule has 1 rings (SSSR count). The molecule has 0 amide bonds. The third-order valence-corrected chi connectivity index (χ3v) is 2.09. The topological polar surface area (TPSA) is 42.4 Å². The van der Waals surface area contributed by atoms with Crippen molar-refractivity contribution in [3.8, 4) is 5.75 Å². The quantitative estimate of drug-likeness (QED) is 0.689. The summed E-state index contributed by atoms with van der Waals surface area (Å²) in [5.74, 6) is -2.20. The number of ether oxygens (including phenoxy) is 1. The number of nitrogens with zero attached hydrogens (tertiary/aromatic N) is 1. The van der Waals surface area contributed by atoms with Gasteiger partial charge in [-0.25, -0.2) is 4.39 Å². The predicted molar refractivity (Wildman–Crippen MR) is 49.4 cm³/mol. The molecule has 3 nitrogen and oxygen atoms in total. The molecule has 0 aromatic carbocycles. The average molecular weight is 304 g/mol. The Labute approximate surface area is 96.2 Å². The number of aromatic nitrogens is 1. The molecule has 1 heterocycles. The van der Waals surface area contributed by atoms with Gasteiger partial charge in [-0.05, 0) is 0 Å². The van der Waals surface area contributed by atoms with Crippen LogP contribution in [0.3, 0.4) is 0 Å². The largest absolute Gasteiger partial charge is 0.573 e. The summed E-state index contributed by atoms with van der Waals surface area (Å²) in [6.45, 7) is -0.603. The molecule has 16 heavy (non-hydrogen) atoms. The molecule has 0 fully saturated rings. The van der Waals surface area contributed by atoms with Gasteiger partial charge in [-0.3, -0.25) is 4.98 Å². The minimum atomic E-state index is -4.99. The van der Waals surface area contributed by atoms with Gasteiger partial charge in [-0.1, -0.05) is 15.9 Å². The lowest BCUT2D eigenvalue weighted by molar-refractivity contribution is -0.275. The Balaban J connectivity index is 3.16. The smallest absolute Gasteiger partial charge is 0.403 e. The van der Waals surface area contributed by atoms with Crippen LogP contribution in [-0.2, 0) is 11.9 Å². The van der Waals surface area contributed by atoms with Crippen LogP contribution in [0.1, 0.15) is 11.4 Å². The lowest BCUT2D eigenvalue weighted by Crippen LogP contribution is -2.19. The molecule has 0 atom stereocenters. The van der Waals surface area contributed by atoms with Crippen LogP contribution in [0.25, 0.3) is 0 Å². The van der Waals surface area contributed by atoms with Crippen molar-refractivity contribution < 1.29 is 27.4 Å². The Morgan fingerprint density at radius 1 is 1.44 bits per heavy atom. The average Bonchev–Trinajstić information content (AvgIpc) is 2.19. The molecule has 0 aliphatic carbocycles. The number of hydrogen-bond donors (Lipinski definition) is 1. The molecule has 0 aliphatic rings. The first kappa shape index (κ1) is 13.2. The molecule has 1 aromatic rings. The molecular weight excluding hydrogens is 298 g/mol. The molecule has 0 radical (unpaired) electrons. The van der Waals surface area contributed by atoms with Crippen LogP contribution in [0.2, 0.25) is 0 Å². The van der Waals surface area contributed by atoms with Crippen molar-refractivity contribution in [1.29, 1.82) is 0 Å². The van der Waals surface area contributed by atoms with Gasteiger partial charge >= 0.3 is 6.36 Å². The Morgan fingerprint density at radius 2 is 2.06 bits per heavy atom. The van der Waals surface area contributed by atoms with Gasteiger partial charge in [0, 0.05) is 11.4 Å². The highest BCUT2D eigenvalue weighted by Gasteiger charge is 2.33. The fourth-order valence-electron chi connectivity index (χ4n) is 0.980. The zero-order valence-electron chi connectivity index (χ0n) is 7.68. The van der Waals surface area contributed by atoms with E-state index in [1.54, 1.807) is 0 Å². The second-order valence-corrected chi connectivity index (χ2v) is 3.27. The van der Waals surface area contributed by atoms with E-state index < -0.39 is 24.5 Å². The summed E-state index contributed by atoms with van der Waals surface area (Å²) in [5, 5.41) is 8.65. The molecule has 1 aromatic heterocycles. The number of aliphatic hydroxyl groups is 1. The highest BCUT2D eigenvalue weighted by Crippen LogP contribution is 2.28. The summed E-state index contributed by atoms with van der Waals surface area (Å²) in [4.78, 5) is 3.58. The normalized spacial score (nSPS) is 11.6. The monoisotopic (exact) mass is 303 g/mol. The number of pyridine rings is 1. The van der Waals surface area contributed by atoms with Gasteiger partial charge in [0.25, 0.3) is 0 Å². The molecule has 1 N–H and O–H groups in total. The first-order valence-corrected chi connectivity index (χ1v) is 5.10. The summed E-state index contributed by atoms with van der Waals surface area (Å²) in [6, 6.07) is 0.703. The van der Waals surface area contributed by atoms with Crippen LogP contribution in [0.5, 0.6) is 5.75 Å². The number of aliphatic hydroxyl groups excluding tert-OH is 1. The van der Waals surface area contributed by atoms with Gasteiger partial charge < -0.3 is 9.84 Å². The summed E-state index contributed by atoms with van der Waals surface area (Å²) in [7, 11) is 0. The molecule has 0 bridgehead atoms. The Kier molecular flexibility index (Phi) is 4.09. The third kappa shape index (κ3) is 3.31. The van der Waals surface area contributed by atoms with E-state index in [9.17, 15) is 17.6 Å². The van der Waals surface area contributed by atoms with E-state index >= 15 is 0 Å². The summed E-state index contributed by atoms with van der Waals surface area (Å²) < 4.78 is 52.5. The van der Waals surface area contributed by atoms with Crippen molar-refractivity contribution >= 4 is 15.9 Å². The van der Waals surface area contributed by atoms with E-state index in [0.29, 0.717) is 6.07 Å². The number of hydrogen-bond acceptors (Lipinski definition) is 3. The third-order valence-electron chi connectivity index (χ3n) is 1.56. The second-order valence-electron chi connectivity index (χ2n) is 2.71. The first-order chi connectivity index (χ1) is 7.37. The van der Waals surface area contributed by atoms with Crippen molar-refractivity contribution in [2.45, 2.75) is 18.3 Å². The first-order valence-electron chi connectivity index (χ1n) is 3.98. The highest BCUT2D eigenvalue weighted by molar-refractivity contribution is 9.08. The zero-order valence-corrected chi connectivity index (χ0v) is 9.27. The lowest BCUT2D eigenvalue weighted by atomic mass is 10.3. The highest BCUT2D eigenvalue weighted by atomic mass is 79.9. The molecule has 0 saturated carbocycles. The van der Waals surface area contributed by atoms with Crippen LogP contribution in [0.15, 0.2) is 6.07 Å². The summed E-state index contributed by atoms with van der Waals surface area (Å²) >= 11 is 2.86. The maximum Gasteiger partial charge on any atom is 0.573 e. The van der Waals surface area contributed by atoms with Crippen molar-refractivity contribution in [1.82, 2.24) is 4.98 Å². The van der Waals surface area contributed by atoms with Crippen LogP contribution >= 0.6 is 15.9 Å². The fourth-order valence-corrected chi connectivity index (χ4v) is 1.35. The van der Waals surface area contributed by atoms with E-state index in [4.69, 9.17) is 5.11 Å². The van der Waals surface area contributed by atoms with Gasteiger partial charge in [0.05, 0.1) is 18.0 Å². The van der Waals surface area contributed by atoms with E-state index in [2.05, 4.69) is 25.7 Å². The van der Waals surface area contributed by atoms with E-state index in [1.807, 2.05) is 0 Å². The van der Waals surface area contributed by atoms with Crippen LogP contribution in [0, 0.1) is 5.82 Å². The minimum Gasteiger partial charge on any atom is -0.403 e. The zero-order chi connectivity index (χ0) is 12.3. The van der Waals surface area contributed by atoms with Crippen molar-refractivity contribution in [3.05, 3.63) is 23.3 Å². The maximum atomic E-state index is 13.3. The van der Waals surface area contributed by atoms with Crippen molar-refractivity contribution in [2.24, 2.45) is 0 Å². The van der Waals surface area contributed by atoms with E-state index in [1.165, 1.54) is 0 Å². The Bertz CT molecular complexity index is 383. The molecule has 0 spiro atoms. The van der Waals surface area contributed by atoms with Crippen molar-refractivity contribution in [3.63, 3.8) is 0 Å². The summed E-state index contributed by atoms with van der Waals surface area (Å²) in [5.41, 5.74) is -0.360. The molecular formula is C8H6BrF4NO2. The van der Waals surface area contributed by atoms with E-state index in [0.717, 1.165) is 0 Å².